The van der Waals surface area contributed by atoms with Crippen molar-refractivity contribution in [3.8, 4) is 0 Å². The third kappa shape index (κ3) is 3.17. The number of anilines is 1. The van der Waals surface area contributed by atoms with E-state index >= 15 is 0 Å². The minimum atomic E-state index is 0.0190. The van der Waals surface area contributed by atoms with E-state index in [9.17, 15) is 0 Å². The maximum absolute atomic E-state index is 4.52. The molecular weight excluding hydrogens is 325 g/mol. The van der Waals surface area contributed by atoms with Crippen molar-refractivity contribution in [1.29, 1.82) is 0 Å². The van der Waals surface area contributed by atoms with Crippen molar-refractivity contribution in [1.82, 2.24) is 7.96 Å². The minimum absolute atomic E-state index is 0.0190. The predicted octanol–water partition coefficient (Wildman–Crippen LogP) is 3.81. The zero-order valence-corrected chi connectivity index (χ0v) is 14.0. The molecule has 4 heteroatoms. The Balaban J connectivity index is 1.79. The molecule has 0 saturated carbocycles. The van der Waals surface area contributed by atoms with Crippen LogP contribution in [0.5, 0.6) is 0 Å². The summed E-state index contributed by atoms with van der Waals surface area (Å²) >= 11 is 0.0190. The number of fused-ring (bicyclic) bond motifs is 1. The molecular formula is C17H19N3Se. The fraction of sp³-hybridized carbons (Fsp3) is 0.294. The quantitative estimate of drug-likeness (QED) is 0.715. The van der Waals surface area contributed by atoms with E-state index in [4.69, 9.17) is 0 Å². The summed E-state index contributed by atoms with van der Waals surface area (Å²) < 4.78 is 8.95. The Hall–Kier alpha value is -1.64. The van der Waals surface area contributed by atoms with Gasteiger partial charge >= 0.3 is 131 Å². The number of aryl methyl sites for hydroxylation is 1. The molecule has 0 amide bonds. The van der Waals surface area contributed by atoms with Crippen LogP contribution in [0.1, 0.15) is 37.4 Å². The molecule has 1 heterocycles. The monoisotopic (exact) mass is 345 g/mol. The molecule has 3 nitrogen and oxygen atoms in total. The first kappa shape index (κ1) is 14.3. The second-order valence-corrected chi connectivity index (χ2v) is 6.40. The van der Waals surface area contributed by atoms with Gasteiger partial charge in [-0.1, -0.05) is 0 Å². The number of aromatic nitrogens is 2. The van der Waals surface area contributed by atoms with Crippen LogP contribution in [0.2, 0.25) is 0 Å². The van der Waals surface area contributed by atoms with Gasteiger partial charge in [0.15, 0.2) is 0 Å². The standard InChI is InChI=1S/C17H19N3Se/c1-3-5-13-8-10-14(11-9-13)12(2)18-15-6-4-7-16-17(15)20-21-19-16/h4,6-12,18H,3,5H2,1-2H3. The second-order valence-electron chi connectivity index (χ2n) is 5.30. The molecule has 1 atom stereocenters. The van der Waals surface area contributed by atoms with Crippen LogP contribution in [0.25, 0.3) is 11.0 Å². The zero-order chi connectivity index (χ0) is 14.7. The molecule has 0 radical (unpaired) electrons. The molecule has 0 bridgehead atoms. The number of rotatable bonds is 5. The van der Waals surface area contributed by atoms with Crippen molar-refractivity contribution in [2.24, 2.45) is 0 Å². The zero-order valence-electron chi connectivity index (χ0n) is 12.3. The predicted molar refractivity (Wildman–Crippen MR) is 89.0 cm³/mol. The summed E-state index contributed by atoms with van der Waals surface area (Å²) in [7, 11) is 0. The van der Waals surface area contributed by atoms with Gasteiger partial charge in [0, 0.05) is 0 Å². The van der Waals surface area contributed by atoms with Crippen molar-refractivity contribution < 1.29 is 0 Å². The molecule has 0 aliphatic rings. The van der Waals surface area contributed by atoms with Gasteiger partial charge in [0.25, 0.3) is 0 Å². The third-order valence-corrected chi connectivity index (χ3v) is 4.81. The van der Waals surface area contributed by atoms with Crippen LogP contribution in [0.3, 0.4) is 0 Å². The van der Waals surface area contributed by atoms with Gasteiger partial charge in [0.1, 0.15) is 0 Å². The molecule has 0 aliphatic heterocycles. The number of hydrogen-bond acceptors (Lipinski definition) is 3. The third-order valence-electron chi connectivity index (χ3n) is 3.68. The maximum atomic E-state index is 4.52. The average molecular weight is 344 g/mol. The first-order chi connectivity index (χ1) is 10.3. The van der Waals surface area contributed by atoms with E-state index in [1.807, 2.05) is 12.1 Å². The Bertz CT molecular complexity index is 718. The van der Waals surface area contributed by atoms with Gasteiger partial charge < -0.3 is 0 Å². The van der Waals surface area contributed by atoms with E-state index in [0.717, 1.165) is 23.1 Å². The van der Waals surface area contributed by atoms with E-state index in [0.29, 0.717) is 0 Å². The van der Waals surface area contributed by atoms with Gasteiger partial charge in [-0.05, 0) is 0 Å². The molecule has 0 fully saturated rings. The summed E-state index contributed by atoms with van der Waals surface area (Å²) in [5.41, 5.74) is 5.83. The summed E-state index contributed by atoms with van der Waals surface area (Å²) in [6.07, 6.45) is 2.34. The molecule has 108 valence electrons. The molecule has 3 rings (SSSR count). The summed E-state index contributed by atoms with van der Waals surface area (Å²) in [5, 5.41) is 3.57. The van der Waals surface area contributed by atoms with Crippen molar-refractivity contribution in [3.63, 3.8) is 0 Å². The summed E-state index contributed by atoms with van der Waals surface area (Å²) in [5.74, 6) is 0. The number of nitrogens with one attached hydrogen (secondary N) is 1. The molecule has 1 N–H and O–H groups in total. The second kappa shape index (κ2) is 6.42. The molecule has 21 heavy (non-hydrogen) atoms. The van der Waals surface area contributed by atoms with E-state index in [1.54, 1.807) is 0 Å². The van der Waals surface area contributed by atoms with E-state index < -0.39 is 0 Å². The van der Waals surface area contributed by atoms with Crippen LogP contribution in [-0.4, -0.2) is 22.9 Å². The topological polar surface area (TPSA) is 37.8 Å². The van der Waals surface area contributed by atoms with Gasteiger partial charge in [-0.3, -0.25) is 0 Å². The Labute approximate surface area is 131 Å². The first-order valence-corrected chi connectivity index (χ1v) is 8.88. The van der Waals surface area contributed by atoms with Gasteiger partial charge in [-0.25, -0.2) is 0 Å². The summed E-state index contributed by atoms with van der Waals surface area (Å²) in [4.78, 5) is 0. The molecule has 0 spiro atoms. The van der Waals surface area contributed by atoms with Crippen LogP contribution in [0, 0.1) is 0 Å². The fourth-order valence-electron chi connectivity index (χ4n) is 2.50. The SMILES string of the molecule is CCCc1ccc(C(C)Nc2cccc3n[se]nc23)cc1. The molecule has 0 aliphatic carbocycles. The van der Waals surface area contributed by atoms with Crippen LogP contribution in [0.4, 0.5) is 5.69 Å². The van der Waals surface area contributed by atoms with Crippen molar-refractivity contribution >= 4 is 31.7 Å². The van der Waals surface area contributed by atoms with Crippen molar-refractivity contribution in [2.75, 3.05) is 5.32 Å². The first-order valence-electron chi connectivity index (χ1n) is 7.34. The summed E-state index contributed by atoms with van der Waals surface area (Å²) in [6.45, 7) is 4.40. The van der Waals surface area contributed by atoms with Crippen LogP contribution in [-0.2, 0) is 6.42 Å². The Morgan fingerprint density at radius 1 is 1.10 bits per heavy atom. The van der Waals surface area contributed by atoms with E-state index in [-0.39, 0.29) is 21.0 Å². The fourth-order valence-corrected chi connectivity index (χ4v) is 3.65. The van der Waals surface area contributed by atoms with E-state index in [1.165, 1.54) is 17.5 Å². The Kier molecular flexibility index (Phi) is 4.37. The average Bonchev–Trinajstić information content (AvgIpc) is 2.98. The molecule has 0 saturated heterocycles. The number of nitrogens with zero attached hydrogens (tertiary/aromatic N) is 2. The molecule has 1 unspecified atom stereocenters. The van der Waals surface area contributed by atoms with Crippen molar-refractivity contribution in [2.45, 2.75) is 32.7 Å². The molecule has 1 aromatic heterocycles. The van der Waals surface area contributed by atoms with Gasteiger partial charge in [-0.15, -0.1) is 0 Å². The molecule has 3 aromatic rings. The van der Waals surface area contributed by atoms with Crippen LogP contribution < -0.4 is 5.32 Å². The van der Waals surface area contributed by atoms with Crippen molar-refractivity contribution in [3.05, 3.63) is 53.6 Å². The Morgan fingerprint density at radius 2 is 1.90 bits per heavy atom. The van der Waals surface area contributed by atoms with Gasteiger partial charge in [-0.2, -0.15) is 0 Å². The van der Waals surface area contributed by atoms with E-state index in [2.05, 4.69) is 57.5 Å². The van der Waals surface area contributed by atoms with Gasteiger partial charge in [0.05, 0.1) is 0 Å². The van der Waals surface area contributed by atoms with Crippen LogP contribution in [0.15, 0.2) is 42.5 Å². The molecule has 2 aromatic carbocycles. The van der Waals surface area contributed by atoms with Gasteiger partial charge in [0.2, 0.25) is 0 Å². The van der Waals surface area contributed by atoms with Crippen LogP contribution >= 0.6 is 0 Å². The number of benzene rings is 2. The Morgan fingerprint density at radius 3 is 2.67 bits per heavy atom. The summed E-state index contributed by atoms with van der Waals surface area (Å²) in [6, 6.07) is 15.3. The number of hydrogen-bond donors (Lipinski definition) is 1. The normalized spacial score (nSPS) is 12.5.